The maximum absolute atomic E-state index is 4.42. The Hall–Kier alpha value is -0.180. The zero-order valence-electron chi connectivity index (χ0n) is 7.38. The van der Waals surface area contributed by atoms with Crippen molar-refractivity contribution in [3.63, 3.8) is 0 Å². The van der Waals surface area contributed by atoms with Gasteiger partial charge in [0, 0.05) is 18.8 Å². The van der Waals surface area contributed by atoms with E-state index >= 15 is 0 Å². The minimum Gasteiger partial charge on any atom is -0.365 e. The lowest BCUT2D eigenvalue weighted by atomic mass is 10.3. The average molecular weight is 184 g/mol. The van der Waals surface area contributed by atoms with Crippen LogP contribution in [-0.2, 0) is 0 Å². The number of hydrogen-bond donors (Lipinski definition) is 1. The molecule has 1 saturated carbocycles. The van der Waals surface area contributed by atoms with Crippen LogP contribution < -0.4 is 5.32 Å². The molecular weight excluding hydrogens is 168 g/mol. The monoisotopic (exact) mass is 184 g/mol. The summed E-state index contributed by atoms with van der Waals surface area (Å²) in [6.45, 7) is 2.16. The standard InChI is InChI=1S/C9H16N2S/c1-5-10-9(12-7-1)11-6-4-8-2-3-8/h8H,1-7H2,(H,10,11). The van der Waals surface area contributed by atoms with Crippen molar-refractivity contribution in [1.29, 1.82) is 0 Å². The lowest BCUT2D eigenvalue weighted by molar-refractivity contribution is 0.700. The van der Waals surface area contributed by atoms with Gasteiger partial charge in [-0.05, 0) is 18.8 Å². The van der Waals surface area contributed by atoms with E-state index in [1.54, 1.807) is 0 Å². The van der Waals surface area contributed by atoms with E-state index in [1.165, 1.54) is 36.6 Å². The highest BCUT2D eigenvalue weighted by Crippen LogP contribution is 2.31. The number of hydrogen-bond acceptors (Lipinski definition) is 3. The summed E-state index contributed by atoms with van der Waals surface area (Å²) in [6.07, 6.45) is 5.51. The molecule has 1 heterocycles. The van der Waals surface area contributed by atoms with E-state index in [0.29, 0.717) is 0 Å². The summed E-state index contributed by atoms with van der Waals surface area (Å²) in [5.41, 5.74) is 0. The van der Waals surface area contributed by atoms with E-state index in [-0.39, 0.29) is 0 Å². The van der Waals surface area contributed by atoms with E-state index in [4.69, 9.17) is 0 Å². The van der Waals surface area contributed by atoms with Crippen LogP contribution in [-0.4, -0.2) is 24.0 Å². The van der Waals surface area contributed by atoms with Gasteiger partial charge in [0.2, 0.25) is 0 Å². The molecule has 1 N–H and O–H groups in total. The smallest absolute Gasteiger partial charge is 0.156 e. The molecule has 0 spiro atoms. The Kier molecular flexibility index (Phi) is 2.93. The number of aliphatic imine (C=N–C) groups is 1. The summed E-state index contributed by atoms with van der Waals surface area (Å²) in [6, 6.07) is 0. The van der Waals surface area contributed by atoms with Crippen LogP contribution in [0.1, 0.15) is 25.7 Å². The first-order chi connectivity index (χ1) is 5.95. The summed E-state index contributed by atoms with van der Waals surface area (Å²) in [5.74, 6) is 2.28. The largest absolute Gasteiger partial charge is 0.365 e. The average Bonchev–Trinajstić information content (AvgIpc) is 2.90. The molecule has 0 aromatic heterocycles. The fourth-order valence-corrected chi connectivity index (χ4v) is 2.21. The number of thioether (sulfide) groups is 1. The first kappa shape index (κ1) is 8.42. The van der Waals surface area contributed by atoms with Crippen LogP contribution in [0.15, 0.2) is 4.99 Å². The molecule has 1 aliphatic carbocycles. The Morgan fingerprint density at radius 2 is 2.42 bits per heavy atom. The molecule has 0 bridgehead atoms. The fourth-order valence-electron chi connectivity index (χ4n) is 1.36. The minimum atomic E-state index is 1.03. The molecule has 68 valence electrons. The Labute approximate surface area is 78.2 Å². The second-order valence-electron chi connectivity index (χ2n) is 3.55. The van der Waals surface area contributed by atoms with Gasteiger partial charge in [-0.2, -0.15) is 0 Å². The maximum atomic E-state index is 4.42. The quantitative estimate of drug-likeness (QED) is 0.724. The third-order valence-corrected chi connectivity index (χ3v) is 3.36. The van der Waals surface area contributed by atoms with Gasteiger partial charge in [0.25, 0.3) is 0 Å². The summed E-state index contributed by atoms with van der Waals surface area (Å²) >= 11 is 1.87. The van der Waals surface area contributed by atoms with Crippen molar-refractivity contribution < 1.29 is 0 Å². The molecule has 2 rings (SSSR count). The molecule has 0 saturated heterocycles. The summed E-state index contributed by atoms with van der Waals surface area (Å²) in [7, 11) is 0. The van der Waals surface area contributed by atoms with Crippen LogP contribution in [0.25, 0.3) is 0 Å². The van der Waals surface area contributed by atoms with Crippen molar-refractivity contribution in [2.75, 3.05) is 18.8 Å². The van der Waals surface area contributed by atoms with Crippen molar-refractivity contribution >= 4 is 16.9 Å². The van der Waals surface area contributed by atoms with Crippen LogP contribution >= 0.6 is 11.8 Å². The minimum absolute atomic E-state index is 1.03. The van der Waals surface area contributed by atoms with Crippen LogP contribution in [0, 0.1) is 5.92 Å². The highest BCUT2D eigenvalue weighted by molar-refractivity contribution is 8.13. The third kappa shape index (κ3) is 2.70. The van der Waals surface area contributed by atoms with E-state index < -0.39 is 0 Å². The lowest BCUT2D eigenvalue weighted by Crippen LogP contribution is -2.24. The molecule has 1 aliphatic heterocycles. The molecule has 0 atom stereocenters. The van der Waals surface area contributed by atoms with E-state index in [0.717, 1.165) is 19.0 Å². The summed E-state index contributed by atoms with van der Waals surface area (Å²) < 4.78 is 0. The molecule has 0 radical (unpaired) electrons. The highest BCUT2D eigenvalue weighted by atomic mass is 32.2. The van der Waals surface area contributed by atoms with Crippen LogP contribution in [0.4, 0.5) is 0 Å². The van der Waals surface area contributed by atoms with Crippen LogP contribution in [0.3, 0.4) is 0 Å². The molecule has 0 aromatic carbocycles. The molecule has 2 nitrogen and oxygen atoms in total. The first-order valence-corrected chi connectivity index (χ1v) is 5.85. The second kappa shape index (κ2) is 4.17. The zero-order valence-corrected chi connectivity index (χ0v) is 8.20. The molecule has 0 aromatic rings. The predicted octanol–water partition coefficient (Wildman–Crippen LogP) is 1.87. The van der Waals surface area contributed by atoms with Gasteiger partial charge in [0.1, 0.15) is 0 Å². The Bertz CT molecular complexity index is 175. The van der Waals surface area contributed by atoms with E-state index in [1.807, 2.05) is 11.8 Å². The van der Waals surface area contributed by atoms with Gasteiger partial charge in [-0.25, -0.2) is 0 Å². The zero-order chi connectivity index (χ0) is 8.23. The van der Waals surface area contributed by atoms with Gasteiger partial charge in [-0.3, -0.25) is 4.99 Å². The summed E-state index contributed by atoms with van der Waals surface area (Å²) in [4.78, 5) is 4.42. The first-order valence-electron chi connectivity index (χ1n) is 4.86. The van der Waals surface area contributed by atoms with E-state index in [2.05, 4.69) is 10.3 Å². The van der Waals surface area contributed by atoms with Crippen molar-refractivity contribution in [3.05, 3.63) is 0 Å². The molecule has 0 unspecified atom stereocenters. The molecule has 0 amide bonds. The Morgan fingerprint density at radius 1 is 1.50 bits per heavy atom. The van der Waals surface area contributed by atoms with E-state index in [9.17, 15) is 0 Å². The van der Waals surface area contributed by atoms with Crippen LogP contribution in [0.5, 0.6) is 0 Å². The van der Waals surface area contributed by atoms with Gasteiger partial charge in [0.15, 0.2) is 5.17 Å². The number of rotatable bonds is 3. The van der Waals surface area contributed by atoms with Crippen molar-refractivity contribution in [2.24, 2.45) is 10.9 Å². The third-order valence-electron chi connectivity index (χ3n) is 2.32. The van der Waals surface area contributed by atoms with Gasteiger partial charge < -0.3 is 5.32 Å². The predicted molar refractivity (Wildman–Crippen MR) is 54.7 cm³/mol. The van der Waals surface area contributed by atoms with Crippen molar-refractivity contribution in [2.45, 2.75) is 25.7 Å². The Balaban J connectivity index is 1.60. The van der Waals surface area contributed by atoms with Gasteiger partial charge in [-0.15, -0.1) is 0 Å². The Morgan fingerprint density at radius 3 is 3.08 bits per heavy atom. The normalized spacial score (nSPS) is 23.5. The second-order valence-corrected chi connectivity index (χ2v) is 4.63. The topological polar surface area (TPSA) is 24.4 Å². The van der Waals surface area contributed by atoms with Gasteiger partial charge in [0.05, 0.1) is 0 Å². The van der Waals surface area contributed by atoms with Gasteiger partial charge >= 0.3 is 0 Å². The molecule has 3 heteroatoms. The lowest BCUT2D eigenvalue weighted by Gasteiger charge is -2.12. The van der Waals surface area contributed by atoms with Gasteiger partial charge in [-0.1, -0.05) is 24.6 Å². The molecular formula is C9H16N2S. The maximum Gasteiger partial charge on any atom is 0.156 e. The van der Waals surface area contributed by atoms with Crippen molar-refractivity contribution in [3.8, 4) is 0 Å². The molecule has 1 fully saturated rings. The van der Waals surface area contributed by atoms with Crippen LogP contribution in [0.2, 0.25) is 0 Å². The fraction of sp³-hybridized carbons (Fsp3) is 0.889. The summed E-state index contributed by atoms with van der Waals surface area (Å²) in [5, 5.41) is 4.59. The number of amidine groups is 1. The molecule has 12 heavy (non-hydrogen) atoms. The van der Waals surface area contributed by atoms with Crippen molar-refractivity contribution in [1.82, 2.24) is 5.32 Å². The SMILES string of the molecule is C1CN=C(NCCC2CC2)SC1. The molecule has 2 aliphatic rings. The highest BCUT2D eigenvalue weighted by Gasteiger charge is 2.20. The number of nitrogens with one attached hydrogen (secondary N) is 1. The number of nitrogens with zero attached hydrogens (tertiary/aromatic N) is 1.